The quantitative estimate of drug-likeness (QED) is 0.509. The van der Waals surface area contributed by atoms with Gasteiger partial charge >= 0.3 is 5.97 Å². The number of carbonyl (C=O) groups excluding carboxylic acids is 2. The highest BCUT2D eigenvalue weighted by atomic mass is 19.1. The SMILES string of the molecule is Cc1ccc(F)cc1NC(=O)COC(=O)c1c(C)cccc1[N+](=O)[O-]. The Bertz CT molecular complexity index is 851. The van der Waals surface area contributed by atoms with Gasteiger partial charge < -0.3 is 10.1 Å². The number of benzene rings is 2. The smallest absolute Gasteiger partial charge is 0.345 e. The van der Waals surface area contributed by atoms with Crippen LogP contribution in [0.25, 0.3) is 0 Å². The molecule has 25 heavy (non-hydrogen) atoms. The van der Waals surface area contributed by atoms with E-state index in [1.807, 2.05) is 0 Å². The second kappa shape index (κ2) is 7.52. The van der Waals surface area contributed by atoms with Gasteiger partial charge in [0.25, 0.3) is 11.6 Å². The summed E-state index contributed by atoms with van der Waals surface area (Å²) in [6, 6.07) is 8.04. The van der Waals surface area contributed by atoms with Crippen molar-refractivity contribution in [3.63, 3.8) is 0 Å². The predicted molar refractivity (Wildman–Crippen MR) is 87.9 cm³/mol. The number of aryl methyl sites for hydroxylation is 2. The summed E-state index contributed by atoms with van der Waals surface area (Å²) in [7, 11) is 0. The Morgan fingerprint density at radius 1 is 1.20 bits per heavy atom. The molecule has 0 unspecified atom stereocenters. The van der Waals surface area contributed by atoms with Crippen LogP contribution in [0.2, 0.25) is 0 Å². The van der Waals surface area contributed by atoms with Gasteiger partial charge in [0.2, 0.25) is 0 Å². The number of nitro benzene ring substituents is 1. The molecule has 1 amide bonds. The third-order valence-corrected chi connectivity index (χ3v) is 3.46. The lowest BCUT2D eigenvalue weighted by atomic mass is 10.1. The van der Waals surface area contributed by atoms with Gasteiger partial charge in [0.15, 0.2) is 6.61 Å². The van der Waals surface area contributed by atoms with Crippen LogP contribution in [-0.2, 0) is 9.53 Å². The Labute approximate surface area is 142 Å². The van der Waals surface area contributed by atoms with Crippen molar-refractivity contribution in [3.8, 4) is 0 Å². The van der Waals surface area contributed by atoms with Crippen molar-refractivity contribution in [3.05, 3.63) is 69.0 Å². The van der Waals surface area contributed by atoms with Crippen LogP contribution >= 0.6 is 0 Å². The van der Waals surface area contributed by atoms with Gasteiger partial charge in [-0.1, -0.05) is 18.2 Å². The molecule has 130 valence electrons. The molecule has 2 aromatic carbocycles. The average molecular weight is 346 g/mol. The highest BCUT2D eigenvalue weighted by Crippen LogP contribution is 2.22. The first-order chi connectivity index (χ1) is 11.8. The summed E-state index contributed by atoms with van der Waals surface area (Å²) in [6.07, 6.45) is 0. The molecule has 0 saturated heterocycles. The van der Waals surface area contributed by atoms with E-state index in [-0.39, 0.29) is 11.3 Å². The fraction of sp³-hybridized carbons (Fsp3) is 0.176. The molecule has 1 N–H and O–H groups in total. The van der Waals surface area contributed by atoms with Crippen LogP contribution in [0.3, 0.4) is 0 Å². The summed E-state index contributed by atoms with van der Waals surface area (Å²) >= 11 is 0. The number of rotatable bonds is 5. The summed E-state index contributed by atoms with van der Waals surface area (Å²) in [5.74, 6) is -2.18. The molecule has 0 heterocycles. The summed E-state index contributed by atoms with van der Waals surface area (Å²) < 4.78 is 18.1. The molecule has 0 aliphatic carbocycles. The zero-order valence-corrected chi connectivity index (χ0v) is 13.5. The Morgan fingerprint density at radius 2 is 1.92 bits per heavy atom. The fourth-order valence-electron chi connectivity index (χ4n) is 2.19. The normalized spacial score (nSPS) is 10.2. The number of nitrogens with zero attached hydrogens (tertiary/aromatic N) is 1. The lowest BCUT2D eigenvalue weighted by molar-refractivity contribution is -0.385. The lowest BCUT2D eigenvalue weighted by Crippen LogP contribution is -2.22. The molecule has 0 aliphatic rings. The van der Waals surface area contributed by atoms with Crippen LogP contribution in [0.5, 0.6) is 0 Å². The number of nitro groups is 1. The Hall–Kier alpha value is -3.29. The molecule has 0 aliphatic heterocycles. The summed E-state index contributed by atoms with van der Waals surface area (Å²) in [5.41, 5.74) is 0.646. The highest BCUT2D eigenvalue weighted by molar-refractivity contribution is 5.98. The van der Waals surface area contributed by atoms with Gasteiger partial charge in [0.05, 0.1) is 4.92 Å². The average Bonchev–Trinajstić information content (AvgIpc) is 2.55. The van der Waals surface area contributed by atoms with Crippen LogP contribution in [0.1, 0.15) is 21.5 Å². The molecule has 0 spiro atoms. The van der Waals surface area contributed by atoms with Gasteiger partial charge in [-0.25, -0.2) is 9.18 Å². The predicted octanol–water partition coefficient (Wildman–Crippen LogP) is 3.15. The largest absolute Gasteiger partial charge is 0.452 e. The molecular weight excluding hydrogens is 331 g/mol. The minimum atomic E-state index is -0.976. The number of amides is 1. The molecule has 7 nitrogen and oxygen atoms in total. The minimum absolute atomic E-state index is 0.206. The molecule has 0 fully saturated rings. The highest BCUT2D eigenvalue weighted by Gasteiger charge is 2.24. The van der Waals surface area contributed by atoms with Crippen LogP contribution < -0.4 is 5.32 Å². The topological polar surface area (TPSA) is 98.5 Å². The number of esters is 1. The maximum atomic E-state index is 13.2. The summed E-state index contributed by atoms with van der Waals surface area (Å²) in [4.78, 5) is 34.3. The number of hydrogen-bond donors (Lipinski definition) is 1. The van der Waals surface area contributed by atoms with Crippen LogP contribution in [0.4, 0.5) is 15.8 Å². The first-order valence-electron chi connectivity index (χ1n) is 7.26. The van der Waals surface area contributed by atoms with Crippen molar-refractivity contribution < 1.29 is 23.6 Å². The van der Waals surface area contributed by atoms with Gasteiger partial charge in [-0.2, -0.15) is 0 Å². The van der Waals surface area contributed by atoms with Crippen LogP contribution in [0, 0.1) is 29.8 Å². The van der Waals surface area contributed by atoms with E-state index in [0.717, 1.165) is 6.07 Å². The molecule has 0 radical (unpaired) electrons. The van der Waals surface area contributed by atoms with E-state index >= 15 is 0 Å². The zero-order chi connectivity index (χ0) is 18.6. The van der Waals surface area contributed by atoms with Crippen molar-refractivity contribution in [2.75, 3.05) is 11.9 Å². The van der Waals surface area contributed by atoms with Gasteiger partial charge in [-0.05, 0) is 37.1 Å². The summed E-state index contributed by atoms with van der Waals surface area (Å²) in [6.45, 7) is 2.55. The second-order valence-corrected chi connectivity index (χ2v) is 5.31. The van der Waals surface area contributed by atoms with Crippen molar-refractivity contribution in [2.24, 2.45) is 0 Å². The van der Waals surface area contributed by atoms with Crippen molar-refractivity contribution in [1.82, 2.24) is 0 Å². The summed E-state index contributed by atoms with van der Waals surface area (Å²) in [5, 5.41) is 13.4. The van der Waals surface area contributed by atoms with Crippen molar-refractivity contribution >= 4 is 23.3 Å². The number of hydrogen-bond acceptors (Lipinski definition) is 5. The van der Waals surface area contributed by atoms with E-state index in [1.165, 1.54) is 37.3 Å². The number of ether oxygens (including phenoxy) is 1. The number of nitrogens with one attached hydrogen (secondary N) is 1. The Morgan fingerprint density at radius 3 is 2.60 bits per heavy atom. The van der Waals surface area contributed by atoms with E-state index in [9.17, 15) is 24.1 Å². The lowest BCUT2D eigenvalue weighted by Gasteiger charge is -2.10. The minimum Gasteiger partial charge on any atom is -0.452 e. The molecular formula is C17H15FN2O5. The van der Waals surface area contributed by atoms with E-state index in [1.54, 1.807) is 6.92 Å². The molecule has 8 heteroatoms. The van der Waals surface area contributed by atoms with E-state index in [4.69, 9.17) is 4.74 Å². The standard InChI is InChI=1S/C17H15FN2O5/c1-10-6-7-12(18)8-13(10)19-15(21)9-25-17(22)16-11(2)4-3-5-14(16)20(23)24/h3-8H,9H2,1-2H3,(H,19,21). The van der Waals surface area contributed by atoms with Gasteiger partial charge in [0, 0.05) is 11.8 Å². The zero-order valence-electron chi connectivity index (χ0n) is 13.5. The monoisotopic (exact) mass is 346 g/mol. The number of carbonyl (C=O) groups is 2. The third kappa shape index (κ3) is 4.37. The Kier molecular flexibility index (Phi) is 5.43. The molecule has 2 rings (SSSR count). The molecule has 0 bridgehead atoms. The first kappa shape index (κ1) is 18.1. The van der Waals surface area contributed by atoms with Crippen molar-refractivity contribution in [1.29, 1.82) is 0 Å². The Balaban J connectivity index is 2.06. The maximum Gasteiger partial charge on any atom is 0.345 e. The van der Waals surface area contributed by atoms with Crippen LogP contribution in [-0.4, -0.2) is 23.4 Å². The van der Waals surface area contributed by atoms with Gasteiger partial charge in [0.1, 0.15) is 11.4 Å². The van der Waals surface area contributed by atoms with Gasteiger partial charge in [-0.3, -0.25) is 14.9 Å². The van der Waals surface area contributed by atoms with Gasteiger partial charge in [-0.15, -0.1) is 0 Å². The molecule has 0 atom stereocenters. The van der Waals surface area contributed by atoms with E-state index in [0.29, 0.717) is 11.1 Å². The van der Waals surface area contributed by atoms with E-state index < -0.39 is 34.9 Å². The number of anilines is 1. The second-order valence-electron chi connectivity index (χ2n) is 5.31. The number of halogens is 1. The fourth-order valence-corrected chi connectivity index (χ4v) is 2.19. The molecule has 0 aromatic heterocycles. The third-order valence-electron chi connectivity index (χ3n) is 3.46. The maximum absolute atomic E-state index is 13.2. The van der Waals surface area contributed by atoms with Crippen molar-refractivity contribution in [2.45, 2.75) is 13.8 Å². The van der Waals surface area contributed by atoms with Crippen LogP contribution in [0.15, 0.2) is 36.4 Å². The molecule has 2 aromatic rings. The molecule has 0 saturated carbocycles. The first-order valence-corrected chi connectivity index (χ1v) is 7.26. The van der Waals surface area contributed by atoms with E-state index in [2.05, 4.69) is 5.32 Å².